The van der Waals surface area contributed by atoms with Crippen LogP contribution in [0, 0.1) is 12.8 Å². The number of aliphatic hydroxyl groups is 1. The summed E-state index contributed by atoms with van der Waals surface area (Å²) in [4.78, 5) is 18.2. The van der Waals surface area contributed by atoms with Gasteiger partial charge in [0.05, 0.1) is 13.2 Å². The number of aryl methyl sites for hydroxylation is 1. The van der Waals surface area contributed by atoms with E-state index in [9.17, 15) is 18.7 Å². The molecule has 2 saturated heterocycles. The van der Waals surface area contributed by atoms with Crippen molar-refractivity contribution in [3.05, 3.63) is 35.2 Å². The van der Waals surface area contributed by atoms with Crippen LogP contribution in [-0.2, 0) is 0 Å². The highest BCUT2D eigenvalue weighted by Gasteiger charge is 2.26. The highest BCUT2D eigenvalue weighted by molar-refractivity contribution is 5.96. The molecule has 35 heavy (non-hydrogen) atoms. The lowest BCUT2D eigenvalue weighted by molar-refractivity contribution is 0.0938. The van der Waals surface area contributed by atoms with Crippen molar-refractivity contribution in [2.45, 2.75) is 57.5 Å². The second kappa shape index (κ2) is 11.8. The van der Waals surface area contributed by atoms with Crippen molar-refractivity contribution < 1.29 is 27.9 Å². The van der Waals surface area contributed by atoms with Crippen LogP contribution in [0.15, 0.2) is 22.7 Å². The molecule has 0 radical (unpaired) electrons. The Balaban J connectivity index is 1.15. The third-order valence-electron chi connectivity index (χ3n) is 6.76. The minimum atomic E-state index is -2.72. The highest BCUT2D eigenvalue weighted by atomic mass is 19.3. The molecule has 192 valence electrons. The standard InChI is InChI=1S/C24H33F2N5O4/c1-15-11-19(4-5-20(15)23(33)28-17-12-18(14-32)27-13-17)34-10-2-3-16-6-8-31(9-7-16)24-29-22(21(25)26)30-35-24/h4-5,11,16-18,21,27,32H,2-3,6-10,12-14H2,1H3,(H,28,33)/t17-,18+/m1/s1. The summed E-state index contributed by atoms with van der Waals surface area (Å²) in [6, 6.07) is 5.72. The molecule has 11 heteroatoms. The molecule has 9 nitrogen and oxygen atoms in total. The Morgan fingerprint density at radius 3 is 2.83 bits per heavy atom. The van der Waals surface area contributed by atoms with Crippen molar-refractivity contribution in [3.8, 4) is 5.75 Å². The van der Waals surface area contributed by atoms with Gasteiger partial charge in [-0.15, -0.1) is 0 Å². The topological polar surface area (TPSA) is 113 Å². The molecular weight excluding hydrogens is 460 g/mol. The van der Waals surface area contributed by atoms with E-state index in [0.29, 0.717) is 37.7 Å². The number of alkyl halides is 2. The van der Waals surface area contributed by atoms with Crippen molar-refractivity contribution in [1.82, 2.24) is 20.8 Å². The van der Waals surface area contributed by atoms with Gasteiger partial charge in [-0.1, -0.05) is 5.16 Å². The minimum Gasteiger partial charge on any atom is -0.494 e. The number of piperidine rings is 1. The molecule has 0 bridgehead atoms. The highest BCUT2D eigenvalue weighted by Crippen LogP contribution is 2.27. The summed E-state index contributed by atoms with van der Waals surface area (Å²) in [6.07, 6.45) is 1.79. The molecule has 1 aromatic carbocycles. The first-order valence-electron chi connectivity index (χ1n) is 12.2. The lowest BCUT2D eigenvalue weighted by atomic mass is 9.92. The number of carbonyl (C=O) groups is 1. The molecule has 3 heterocycles. The molecule has 0 aliphatic carbocycles. The molecule has 1 aromatic heterocycles. The molecule has 0 spiro atoms. The van der Waals surface area contributed by atoms with E-state index in [2.05, 4.69) is 20.8 Å². The Labute approximate surface area is 203 Å². The quantitative estimate of drug-likeness (QED) is 0.433. The maximum atomic E-state index is 12.6. The number of aliphatic hydroxyl groups excluding tert-OH is 1. The molecule has 3 N–H and O–H groups in total. The van der Waals surface area contributed by atoms with Gasteiger partial charge in [-0.2, -0.15) is 4.98 Å². The fourth-order valence-electron chi connectivity index (χ4n) is 4.73. The smallest absolute Gasteiger partial charge is 0.324 e. The Kier molecular flexibility index (Phi) is 8.50. The lowest BCUT2D eigenvalue weighted by Crippen LogP contribution is -2.36. The zero-order valence-electron chi connectivity index (χ0n) is 19.9. The number of aromatic nitrogens is 2. The Morgan fingerprint density at radius 2 is 2.17 bits per heavy atom. The number of rotatable bonds is 10. The number of carbonyl (C=O) groups excluding carboxylic acids is 1. The Hall–Kier alpha value is -2.79. The average molecular weight is 494 g/mol. The van der Waals surface area contributed by atoms with Crippen molar-refractivity contribution in [2.24, 2.45) is 5.92 Å². The normalized spacial score (nSPS) is 21.0. The Bertz CT molecular complexity index is 981. The largest absolute Gasteiger partial charge is 0.494 e. The summed E-state index contributed by atoms with van der Waals surface area (Å²) in [5, 5.41) is 18.8. The summed E-state index contributed by atoms with van der Waals surface area (Å²) < 4.78 is 36.1. The molecule has 2 atom stereocenters. The van der Waals surface area contributed by atoms with Crippen molar-refractivity contribution in [2.75, 3.05) is 37.7 Å². The van der Waals surface area contributed by atoms with Crippen LogP contribution in [0.25, 0.3) is 0 Å². The number of nitrogens with one attached hydrogen (secondary N) is 2. The molecule has 2 aromatic rings. The van der Waals surface area contributed by atoms with Gasteiger partial charge in [0.25, 0.3) is 5.91 Å². The summed E-state index contributed by atoms with van der Waals surface area (Å²) in [6.45, 7) is 4.62. The molecule has 2 aliphatic rings. The second-order valence-electron chi connectivity index (χ2n) is 9.33. The van der Waals surface area contributed by atoms with Crippen LogP contribution in [0.4, 0.5) is 14.8 Å². The van der Waals surface area contributed by atoms with E-state index in [1.54, 1.807) is 6.07 Å². The third kappa shape index (κ3) is 6.66. The van der Waals surface area contributed by atoms with Gasteiger partial charge in [-0.05, 0) is 68.7 Å². The average Bonchev–Trinajstić information content (AvgIpc) is 3.52. The van der Waals surface area contributed by atoms with Crippen LogP contribution in [0.2, 0.25) is 0 Å². The van der Waals surface area contributed by atoms with Gasteiger partial charge in [0.2, 0.25) is 5.82 Å². The molecule has 0 unspecified atom stereocenters. The predicted octanol–water partition coefficient (Wildman–Crippen LogP) is 2.84. The van der Waals surface area contributed by atoms with Crippen LogP contribution in [-0.4, -0.2) is 66.1 Å². The van der Waals surface area contributed by atoms with Crippen LogP contribution >= 0.6 is 0 Å². The molecule has 2 aliphatic heterocycles. The van der Waals surface area contributed by atoms with Gasteiger partial charge >= 0.3 is 12.4 Å². The Morgan fingerprint density at radius 1 is 1.37 bits per heavy atom. The van der Waals surface area contributed by atoms with Crippen LogP contribution < -0.4 is 20.3 Å². The molecular formula is C24H33F2N5O4. The first-order chi connectivity index (χ1) is 16.9. The number of ether oxygens (including phenoxy) is 1. The number of benzene rings is 1. The molecule has 0 saturated carbocycles. The van der Waals surface area contributed by atoms with E-state index in [-0.39, 0.29) is 30.6 Å². The van der Waals surface area contributed by atoms with Gasteiger partial charge in [-0.3, -0.25) is 4.79 Å². The van der Waals surface area contributed by atoms with Gasteiger partial charge in [0.1, 0.15) is 5.75 Å². The van der Waals surface area contributed by atoms with Gasteiger partial charge in [-0.25, -0.2) is 8.78 Å². The van der Waals surface area contributed by atoms with E-state index < -0.39 is 12.2 Å². The maximum Gasteiger partial charge on any atom is 0.324 e. The zero-order chi connectivity index (χ0) is 24.8. The third-order valence-corrected chi connectivity index (χ3v) is 6.76. The number of nitrogens with zero attached hydrogens (tertiary/aromatic N) is 3. The molecule has 2 fully saturated rings. The number of amides is 1. The number of anilines is 1. The summed E-state index contributed by atoms with van der Waals surface area (Å²) >= 11 is 0. The van der Waals surface area contributed by atoms with Crippen molar-refractivity contribution in [1.29, 1.82) is 0 Å². The number of hydrogen-bond acceptors (Lipinski definition) is 8. The van der Waals surface area contributed by atoms with Crippen molar-refractivity contribution in [3.63, 3.8) is 0 Å². The first-order valence-corrected chi connectivity index (χ1v) is 12.2. The van der Waals surface area contributed by atoms with Gasteiger partial charge < -0.3 is 29.9 Å². The number of halogens is 2. The summed E-state index contributed by atoms with van der Waals surface area (Å²) in [5.41, 5.74) is 1.48. The SMILES string of the molecule is Cc1cc(OCCCC2CCN(c3nc(C(F)F)no3)CC2)ccc1C(=O)N[C@H]1CN[C@H](CO)C1. The predicted molar refractivity (Wildman–Crippen MR) is 125 cm³/mol. The molecule has 1 amide bonds. The van der Waals surface area contributed by atoms with E-state index in [4.69, 9.17) is 9.26 Å². The first kappa shape index (κ1) is 25.3. The van der Waals surface area contributed by atoms with E-state index in [1.165, 1.54) is 0 Å². The van der Waals surface area contributed by atoms with Crippen LogP contribution in [0.1, 0.15) is 60.3 Å². The summed E-state index contributed by atoms with van der Waals surface area (Å²) in [5.74, 6) is 0.598. The van der Waals surface area contributed by atoms with E-state index in [1.807, 2.05) is 24.0 Å². The minimum absolute atomic E-state index is 0.0176. The van der Waals surface area contributed by atoms with Crippen LogP contribution in [0.3, 0.4) is 0 Å². The lowest BCUT2D eigenvalue weighted by Gasteiger charge is -2.30. The monoisotopic (exact) mass is 493 g/mol. The fourth-order valence-corrected chi connectivity index (χ4v) is 4.73. The van der Waals surface area contributed by atoms with Gasteiger partial charge in [0.15, 0.2) is 0 Å². The molecule has 4 rings (SSSR count). The van der Waals surface area contributed by atoms with E-state index >= 15 is 0 Å². The maximum absolute atomic E-state index is 12.6. The fraction of sp³-hybridized carbons (Fsp3) is 0.625. The second-order valence-corrected chi connectivity index (χ2v) is 9.33. The summed E-state index contributed by atoms with van der Waals surface area (Å²) in [7, 11) is 0. The zero-order valence-corrected chi connectivity index (χ0v) is 19.9. The van der Waals surface area contributed by atoms with Gasteiger partial charge in [0, 0.05) is 37.3 Å². The van der Waals surface area contributed by atoms with Crippen molar-refractivity contribution >= 4 is 11.9 Å². The van der Waals surface area contributed by atoms with E-state index in [0.717, 1.165) is 43.4 Å². The number of hydrogen-bond donors (Lipinski definition) is 3. The van der Waals surface area contributed by atoms with Crippen LogP contribution in [0.5, 0.6) is 5.75 Å².